The smallest absolute Gasteiger partial charge is 0.406 e. The second-order valence-corrected chi connectivity index (χ2v) is 6.60. The van der Waals surface area contributed by atoms with Crippen LogP contribution in [0, 0.1) is 0 Å². The third-order valence-electron chi connectivity index (χ3n) is 3.43. The first-order valence-electron chi connectivity index (χ1n) is 8.15. The van der Waals surface area contributed by atoms with Crippen molar-refractivity contribution >= 4 is 29.3 Å². The molecule has 1 aromatic carbocycles. The Morgan fingerprint density at radius 2 is 1.93 bits per heavy atom. The number of rotatable bonds is 9. The van der Waals surface area contributed by atoms with E-state index in [0.29, 0.717) is 22.1 Å². The van der Waals surface area contributed by atoms with Gasteiger partial charge in [0.2, 0.25) is 5.91 Å². The van der Waals surface area contributed by atoms with Crippen molar-refractivity contribution < 1.29 is 31.9 Å². The lowest BCUT2D eigenvalue weighted by Crippen LogP contribution is -2.40. The van der Waals surface area contributed by atoms with E-state index >= 15 is 0 Å². The van der Waals surface area contributed by atoms with Gasteiger partial charge < -0.3 is 19.4 Å². The summed E-state index contributed by atoms with van der Waals surface area (Å²) in [4.78, 5) is 24.3. The number of alkyl halides is 3. The Kier molecular flexibility index (Phi) is 7.80. The maximum absolute atomic E-state index is 12.8. The number of anilines is 1. The van der Waals surface area contributed by atoms with E-state index < -0.39 is 25.2 Å². The van der Waals surface area contributed by atoms with Crippen LogP contribution >= 0.6 is 11.8 Å². The Balaban J connectivity index is 1.92. The SMILES string of the molecule is CSCC(=O)Nc1ccc(OCC(=O)N(Cc2ccco2)CC(F)(F)F)cc1. The van der Waals surface area contributed by atoms with E-state index in [1.807, 2.05) is 6.26 Å². The van der Waals surface area contributed by atoms with Gasteiger partial charge in [-0.25, -0.2) is 0 Å². The Morgan fingerprint density at radius 1 is 1.21 bits per heavy atom. The molecule has 28 heavy (non-hydrogen) atoms. The summed E-state index contributed by atoms with van der Waals surface area (Å²) in [5.74, 6) is -0.135. The van der Waals surface area contributed by atoms with Crippen LogP contribution in [0.5, 0.6) is 5.75 Å². The summed E-state index contributed by atoms with van der Waals surface area (Å²) in [6.07, 6.45) is -1.41. The average molecular weight is 416 g/mol. The molecule has 0 spiro atoms. The van der Waals surface area contributed by atoms with Gasteiger partial charge >= 0.3 is 6.18 Å². The number of nitrogens with zero attached hydrogens (tertiary/aromatic N) is 1. The van der Waals surface area contributed by atoms with Crippen LogP contribution in [0.1, 0.15) is 5.76 Å². The third kappa shape index (κ3) is 7.55. The number of benzene rings is 1. The van der Waals surface area contributed by atoms with Crippen molar-refractivity contribution in [3.05, 3.63) is 48.4 Å². The number of thioether (sulfide) groups is 1. The summed E-state index contributed by atoms with van der Waals surface area (Å²) < 4.78 is 48.6. The number of amides is 2. The minimum atomic E-state index is -4.54. The van der Waals surface area contributed by atoms with Gasteiger partial charge in [0.25, 0.3) is 5.91 Å². The van der Waals surface area contributed by atoms with E-state index in [9.17, 15) is 22.8 Å². The standard InChI is InChI=1S/C18H19F3N2O4S/c1-28-11-16(24)22-13-4-6-14(7-5-13)27-10-17(25)23(12-18(19,20)21)9-15-3-2-8-26-15/h2-8H,9-12H2,1H3,(H,22,24). The van der Waals surface area contributed by atoms with Crippen molar-refractivity contribution in [2.24, 2.45) is 0 Å². The molecule has 1 aromatic heterocycles. The minimum Gasteiger partial charge on any atom is -0.484 e. The summed E-state index contributed by atoms with van der Waals surface area (Å²) in [5.41, 5.74) is 0.550. The highest BCUT2D eigenvalue weighted by molar-refractivity contribution is 7.99. The van der Waals surface area contributed by atoms with Gasteiger partial charge in [-0.3, -0.25) is 9.59 Å². The molecule has 0 saturated carbocycles. The monoisotopic (exact) mass is 416 g/mol. The van der Waals surface area contributed by atoms with Crippen LogP contribution in [0.3, 0.4) is 0 Å². The molecule has 152 valence electrons. The lowest BCUT2D eigenvalue weighted by molar-refractivity contribution is -0.164. The highest BCUT2D eigenvalue weighted by Gasteiger charge is 2.33. The van der Waals surface area contributed by atoms with Crippen LogP contribution in [0.2, 0.25) is 0 Å². The van der Waals surface area contributed by atoms with Crippen molar-refractivity contribution in [3.8, 4) is 5.75 Å². The van der Waals surface area contributed by atoms with Gasteiger partial charge in [0.1, 0.15) is 18.1 Å². The molecule has 2 amide bonds. The quantitative estimate of drug-likeness (QED) is 0.677. The van der Waals surface area contributed by atoms with Gasteiger partial charge in [0, 0.05) is 5.69 Å². The molecule has 0 atom stereocenters. The van der Waals surface area contributed by atoms with Crippen molar-refractivity contribution in [1.82, 2.24) is 4.90 Å². The van der Waals surface area contributed by atoms with Crippen LogP contribution in [-0.4, -0.2) is 48.1 Å². The first-order valence-corrected chi connectivity index (χ1v) is 9.55. The molecule has 0 aliphatic heterocycles. The summed E-state index contributed by atoms with van der Waals surface area (Å²) in [6, 6.07) is 9.21. The molecule has 6 nitrogen and oxygen atoms in total. The number of halogens is 3. The van der Waals surface area contributed by atoms with Crippen LogP contribution in [0.15, 0.2) is 47.1 Å². The van der Waals surface area contributed by atoms with E-state index in [2.05, 4.69) is 5.32 Å². The van der Waals surface area contributed by atoms with Crippen molar-refractivity contribution in [2.45, 2.75) is 12.7 Å². The molecule has 0 aliphatic carbocycles. The molecule has 0 saturated heterocycles. The van der Waals surface area contributed by atoms with E-state index in [0.717, 1.165) is 0 Å². The zero-order valence-electron chi connectivity index (χ0n) is 15.0. The van der Waals surface area contributed by atoms with Crippen LogP contribution in [0.4, 0.5) is 18.9 Å². The Hall–Kier alpha value is -2.62. The Morgan fingerprint density at radius 3 is 2.50 bits per heavy atom. The number of hydrogen-bond acceptors (Lipinski definition) is 5. The zero-order valence-corrected chi connectivity index (χ0v) is 15.8. The molecule has 0 radical (unpaired) electrons. The van der Waals surface area contributed by atoms with E-state index in [-0.39, 0.29) is 18.2 Å². The van der Waals surface area contributed by atoms with Crippen molar-refractivity contribution in [2.75, 3.05) is 30.5 Å². The molecule has 1 heterocycles. The fraction of sp³-hybridized carbons (Fsp3) is 0.333. The Labute approximate surface area is 164 Å². The third-order valence-corrected chi connectivity index (χ3v) is 3.98. The lowest BCUT2D eigenvalue weighted by atomic mass is 10.3. The largest absolute Gasteiger partial charge is 0.484 e. The molecule has 1 N–H and O–H groups in total. The predicted octanol–water partition coefficient (Wildman–Crippen LogP) is 3.55. The van der Waals surface area contributed by atoms with Gasteiger partial charge in [-0.2, -0.15) is 24.9 Å². The second kappa shape index (κ2) is 10.1. The first-order chi connectivity index (χ1) is 13.3. The highest BCUT2D eigenvalue weighted by Crippen LogP contribution is 2.20. The first kappa shape index (κ1) is 21.7. The molecule has 0 fully saturated rings. The van der Waals surface area contributed by atoms with Gasteiger partial charge in [-0.05, 0) is 42.7 Å². The maximum atomic E-state index is 12.8. The van der Waals surface area contributed by atoms with Gasteiger partial charge in [-0.15, -0.1) is 0 Å². The topological polar surface area (TPSA) is 71.8 Å². The Bertz CT molecular complexity index is 764. The fourth-order valence-electron chi connectivity index (χ4n) is 2.24. The number of furan rings is 1. The van der Waals surface area contributed by atoms with Crippen LogP contribution in [-0.2, 0) is 16.1 Å². The molecule has 0 aliphatic rings. The van der Waals surface area contributed by atoms with E-state index in [4.69, 9.17) is 9.15 Å². The summed E-state index contributed by atoms with van der Waals surface area (Å²) in [7, 11) is 0. The van der Waals surface area contributed by atoms with Crippen molar-refractivity contribution in [3.63, 3.8) is 0 Å². The van der Waals surface area contributed by atoms with Gasteiger partial charge in [-0.1, -0.05) is 0 Å². The summed E-state index contributed by atoms with van der Waals surface area (Å²) in [5, 5.41) is 2.68. The number of hydrogen-bond donors (Lipinski definition) is 1. The summed E-state index contributed by atoms with van der Waals surface area (Å²) >= 11 is 1.39. The number of nitrogens with one attached hydrogen (secondary N) is 1. The fourth-order valence-corrected chi connectivity index (χ4v) is 2.57. The maximum Gasteiger partial charge on any atom is 0.406 e. The number of ether oxygens (including phenoxy) is 1. The number of carbonyl (C=O) groups is 2. The summed E-state index contributed by atoms with van der Waals surface area (Å²) in [6.45, 7) is -2.28. The lowest BCUT2D eigenvalue weighted by Gasteiger charge is -2.23. The van der Waals surface area contributed by atoms with Crippen molar-refractivity contribution in [1.29, 1.82) is 0 Å². The molecular weight excluding hydrogens is 397 g/mol. The molecule has 10 heteroatoms. The average Bonchev–Trinajstić information content (AvgIpc) is 3.12. The molecule has 2 rings (SSSR count). The molecule has 0 bridgehead atoms. The normalized spacial score (nSPS) is 11.1. The molecule has 0 unspecified atom stereocenters. The van der Waals surface area contributed by atoms with Gasteiger partial charge in [0.15, 0.2) is 6.61 Å². The minimum absolute atomic E-state index is 0.155. The van der Waals surface area contributed by atoms with E-state index in [1.54, 1.807) is 12.1 Å². The van der Waals surface area contributed by atoms with Crippen LogP contribution < -0.4 is 10.1 Å². The van der Waals surface area contributed by atoms with Gasteiger partial charge in [0.05, 0.1) is 18.6 Å². The zero-order chi connectivity index (χ0) is 20.6. The predicted molar refractivity (Wildman–Crippen MR) is 99.1 cm³/mol. The van der Waals surface area contributed by atoms with E-state index in [1.165, 1.54) is 42.3 Å². The second-order valence-electron chi connectivity index (χ2n) is 5.74. The molecular formula is C18H19F3N2O4S. The number of carbonyl (C=O) groups excluding carboxylic acids is 2. The molecule has 2 aromatic rings. The van der Waals surface area contributed by atoms with Crippen LogP contribution in [0.25, 0.3) is 0 Å². The highest BCUT2D eigenvalue weighted by atomic mass is 32.2.